The van der Waals surface area contributed by atoms with Gasteiger partial charge in [0.25, 0.3) is 5.91 Å². The summed E-state index contributed by atoms with van der Waals surface area (Å²) in [5, 5.41) is 5.38. The van der Waals surface area contributed by atoms with Gasteiger partial charge in [0.2, 0.25) is 5.91 Å². The van der Waals surface area contributed by atoms with Crippen LogP contribution in [0.2, 0.25) is 0 Å². The van der Waals surface area contributed by atoms with E-state index in [1.807, 2.05) is 18.2 Å². The van der Waals surface area contributed by atoms with Crippen molar-refractivity contribution in [2.75, 3.05) is 6.61 Å². The normalized spacial score (nSPS) is 15.7. The fourth-order valence-corrected chi connectivity index (χ4v) is 2.95. The van der Waals surface area contributed by atoms with Gasteiger partial charge in [-0.2, -0.15) is 0 Å². The number of nitrogens with one attached hydrogen (secondary N) is 2. The first kappa shape index (κ1) is 19.7. The van der Waals surface area contributed by atoms with Gasteiger partial charge in [-0.3, -0.25) is 9.59 Å². The molecular formula is C20H26N2O4. The van der Waals surface area contributed by atoms with Crippen LogP contribution in [0.4, 0.5) is 0 Å². The van der Waals surface area contributed by atoms with Crippen LogP contribution in [0.15, 0.2) is 36.0 Å². The molecule has 6 nitrogen and oxygen atoms in total. The summed E-state index contributed by atoms with van der Waals surface area (Å²) in [5.74, 6) is -1.43. The van der Waals surface area contributed by atoms with E-state index in [9.17, 15) is 14.4 Å². The Morgan fingerprint density at radius 1 is 1.08 bits per heavy atom. The van der Waals surface area contributed by atoms with Crippen LogP contribution in [0, 0.1) is 0 Å². The number of amides is 2. The van der Waals surface area contributed by atoms with Crippen LogP contribution in [-0.2, 0) is 19.1 Å². The van der Waals surface area contributed by atoms with Gasteiger partial charge in [-0.15, -0.1) is 0 Å². The molecule has 2 rings (SSSR count). The first-order valence-corrected chi connectivity index (χ1v) is 9.05. The van der Waals surface area contributed by atoms with Crippen molar-refractivity contribution in [3.05, 3.63) is 41.6 Å². The number of esters is 1. The molecule has 1 aromatic carbocycles. The zero-order chi connectivity index (χ0) is 18.8. The predicted octanol–water partition coefficient (Wildman–Crippen LogP) is 2.55. The highest BCUT2D eigenvalue weighted by molar-refractivity contribution is 5.98. The van der Waals surface area contributed by atoms with Crippen LogP contribution in [0.5, 0.6) is 0 Å². The maximum atomic E-state index is 12.2. The third-order valence-electron chi connectivity index (χ3n) is 4.20. The zero-order valence-corrected chi connectivity index (χ0v) is 15.1. The van der Waals surface area contributed by atoms with Gasteiger partial charge in [-0.25, -0.2) is 4.79 Å². The van der Waals surface area contributed by atoms with Crippen LogP contribution in [0.3, 0.4) is 0 Å². The molecule has 0 unspecified atom stereocenters. The molecule has 0 saturated heterocycles. The van der Waals surface area contributed by atoms with E-state index in [0.29, 0.717) is 0 Å². The molecule has 0 aromatic heterocycles. The number of benzene rings is 1. The van der Waals surface area contributed by atoms with Crippen LogP contribution >= 0.6 is 0 Å². The molecule has 0 bridgehead atoms. The van der Waals surface area contributed by atoms with Crippen molar-refractivity contribution in [3.63, 3.8) is 0 Å². The van der Waals surface area contributed by atoms with E-state index in [4.69, 9.17) is 4.74 Å². The molecule has 1 fully saturated rings. The minimum Gasteiger partial charge on any atom is -0.451 e. The van der Waals surface area contributed by atoms with Gasteiger partial charge in [-0.1, -0.05) is 56.0 Å². The highest BCUT2D eigenvalue weighted by Crippen LogP contribution is 2.17. The van der Waals surface area contributed by atoms with Crippen LogP contribution < -0.4 is 10.6 Å². The lowest BCUT2D eigenvalue weighted by molar-refractivity contribution is -0.145. The van der Waals surface area contributed by atoms with Gasteiger partial charge in [0.05, 0.1) is 0 Å². The number of hydrogen-bond donors (Lipinski definition) is 2. The highest BCUT2D eigenvalue weighted by Gasteiger charge is 2.18. The summed E-state index contributed by atoms with van der Waals surface area (Å²) in [6.45, 7) is 0.950. The fraction of sp³-hybridized carbons (Fsp3) is 0.450. The lowest BCUT2D eigenvalue weighted by atomic mass is 10.1. The van der Waals surface area contributed by atoms with E-state index in [1.54, 1.807) is 12.1 Å². The topological polar surface area (TPSA) is 84.5 Å². The number of carbonyl (C=O) groups is 3. The van der Waals surface area contributed by atoms with E-state index < -0.39 is 5.97 Å². The monoisotopic (exact) mass is 358 g/mol. The van der Waals surface area contributed by atoms with Gasteiger partial charge in [-0.05, 0) is 24.5 Å². The van der Waals surface area contributed by atoms with E-state index in [-0.39, 0.29) is 30.2 Å². The molecule has 0 aliphatic heterocycles. The first-order chi connectivity index (χ1) is 12.5. The molecule has 6 heteroatoms. The molecule has 0 spiro atoms. The summed E-state index contributed by atoms with van der Waals surface area (Å²) in [4.78, 5) is 35.6. The predicted molar refractivity (Wildman–Crippen MR) is 98.8 cm³/mol. The average molecular weight is 358 g/mol. The minimum absolute atomic E-state index is 0.00552. The average Bonchev–Trinajstić information content (AvgIpc) is 2.88. The molecule has 2 amide bonds. The third-order valence-corrected chi connectivity index (χ3v) is 4.20. The fourth-order valence-electron chi connectivity index (χ4n) is 2.95. The number of ether oxygens (including phenoxy) is 1. The summed E-state index contributed by atoms with van der Waals surface area (Å²) >= 11 is 0. The van der Waals surface area contributed by atoms with E-state index in [0.717, 1.165) is 31.2 Å². The van der Waals surface area contributed by atoms with Gasteiger partial charge in [0.1, 0.15) is 5.70 Å². The standard InChI is InChI=1S/C20H26N2O4/c1-15(23)21-18(13-16-9-5-4-6-10-16)20(25)26-14-19(24)22-17-11-7-2-3-8-12-17/h4-6,9-10,13,17H,2-3,7-8,11-12,14H2,1H3,(H,21,23)(H,22,24)/b18-13+. The van der Waals surface area contributed by atoms with E-state index >= 15 is 0 Å². The SMILES string of the molecule is CC(=O)N/C(=C/c1ccccc1)C(=O)OCC(=O)NC1CCCCCC1. The second-order valence-corrected chi connectivity index (χ2v) is 6.48. The molecule has 0 heterocycles. The van der Waals surface area contributed by atoms with Crippen molar-refractivity contribution in [1.82, 2.24) is 10.6 Å². The van der Waals surface area contributed by atoms with Gasteiger partial charge < -0.3 is 15.4 Å². The van der Waals surface area contributed by atoms with Gasteiger partial charge in [0.15, 0.2) is 6.61 Å². The Labute approximate surface area is 154 Å². The first-order valence-electron chi connectivity index (χ1n) is 9.05. The van der Waals surface area contributed by atoms with Crippen molar-refractivity contribution in [3.8, 4) is 0 Å². The highest BCUT2D eigenvalue weighted by atomic mass is 16.5. The number of rotatable bonds is 6. The van der Waals surface area contributed by atoms with Gasteiger partial charge in [0, 0.05) is 13.0 Å². The Bertz CT molecular complexity index is 647. The molecule has 140 valence electrons. The van der Waals surface area contributed by atoms with Crippen molar-refractivity contribution >= 4 is 23.9 Å². The quantitative estimate of drug-likeness (QED) is 0.465. The molecule has 1 saturated carbocycles. The summed E-state index contributed by atoms with van der Waals surface area (Å²) in [5.41, 5.74) is 0.752. The Kier molecular flexibility index (Phi) is 7.86. The molecule has 26 heavy (non-hydrogen) atoms. The van der Waals surface area contributed by atoms with Crippen LogP contribution in [0.1, 0.15) is 51.0 Å². The number of carbonyl (C=O) groups excluding carboxylic acids is 3. The molecule has 1 aliphatic carbocycles. The molecule has 0 atom stereocenters. The third kappa shape index (κ3) is 7.09. The Morgan fingerprint density at radius 2 is 1.73 bits per heavy atom. The van der Waals surface area contributed by atoms with Gasteiger partial charge >= 0.3 is 5.97 Å². The lowest BCUT2D eigenvalue weighted by Gasteiger charge is -2.16. The minimum atomic E-state index is -0.736. The second-order valence-electron chi connectivity index (χ2n) is 6.48. The summed E-state index contributed by atoms with van der Waals surface area (Å²) in [7, 11) is 0. The van der Waals surface area contributed by atoms with Crippen molar-refractivity contribution in [1.29, 1.82) is 0 Å². The summed E-state index contributed by atoms with van der Waals surface area (Å²) in [6.07, 6.45) is 8.06. The van der Waals surface area contributed by atoms with E-state index in [1.165, 1.54) is 25.8 Å². The van der Waals surface area contributed by atoms with Crippen molar-refractivity contribution in [2.45, 2.75) is 51.5 Å². The molecule has 1 aromatic rings. The van der Waals surface area contributed by atoms with Crippen molar-refractivity contribution in [2.24, 2.45) is 0 Å². The summed E-state index contributed by atoms with van der Waals surface area (Å²) in [6, 6.07) is 9.25. The van der Waals surface area contributed by atoms with Crippen molar-refractivity contribution < 1.29 is 19.1 Å². The molecular weight excluding hydrogens is 332 g/mol. The van der Waals surface area contributed by atoms with E-state index in [2.05, 4.69) is 10.6 Å². The molecule has 1 aliphatic rings. The maximum Gasteiger partial charge on any atom is 0.355 e. The zero-order valence-electron chi connectivity index (χ0n) is 15.1. The Hall–Kier alpha value is -2.63. The number of hydrogen-bond acceptors (Lipinski definition) is 4. The lowest BCUT2D eigenvalue weighted by Crippen LogP contribution is -2.38. The molecule has 2 N–H and O–H groups in total. The Morgan fingerprint density at radius 3 is 2.35 bits per heavy atom. The maximum absolute atomic E-state index is 12.2. The van der Waals surface area contributed by atoms with Crippen LogP contribution in [0.25, 0.3) is 6.08 Å². The molecule has 0 radical (unpaired) electrons. The largest absolute Gasteiger partial charge is 0.451 e. The van der Waals surface area contributed by atoms with Crippen LogP contribution in [-0.4, -0.2) is 30.4 Å². The Balaban J connectivity index is 1.90. The summed E-state index contributed by atoms with van der Waals surface area (Å²) < 4.78 is 5.08. The second kappa shape index (κ2) is 10.4. The smallest absolute Gasteiger partial charge is 0.355 e.